The van der Waals surface area contributed by atoms with E-state index in [0.717, 1.165) is 0 Å². The maximum atomic E-state index is 10.9. The molecule has 1 N–H and O–H groups in total. The van der Waals surface area contributed by atoms with Crippen molar-refractivity contribution in [3.63, 3.8) is 0 Å². The minimum Gasteiger partial charge on any atom is -0.463 e. The van der Waals surface area contributed by atoms with Crippen LogP contribution in [0.15, 0.2) is 12.2 Å². The maximum Gasteiger partial charge on any atom is 0.338 e. The fraction of sp³-hybridized carbons (Fsp3) is 0.571. The van der Waals surface area contributed by atoms with Gasteiger partial charge in [-0.3, -0.25) is 0 Å². The first-order valence-electron chi connectivity index (χ1n) is 3.36. The van der Waals surface area contributed by atoms with Crippen molar-refractivity contribution in [3.05, 3.63) is 12.2 Å². The second kappa shape index (κ2) is 5.70. The highest BCUT2D eigenvalue weighted by molar-refractivity contribution is 5.88. The van der Waals surface area contributed by atoms with Crippen LogP contribution in [-0.2, 0) is 19.2 Å². The van der Waals surface area contributed by atoms with Gasteiger partial charge in [-0.2, -0.15) is 0 Å². The highest BCUT2D eigenvalue weighted by Gasteiger charge is 2.20. The molecule has 0 aromatic heterocycles. The Morgan fingerprint density at radius 3 is 2.58 bits per heavy atom. The zero-order valence-corrected chi connectivity index (χ0v) is 7.07. The van der Waals surface area contributed by atoms with Gasteiger partial charge in [0.25, 0.3) is 0 Å². The summed E-state index contributed by atoms with van der Waals surface area (Å²) in [5.41, 5.74) is -0.0816. The lowest BCUT2D eigenvalue weighted by Gasteiger charge is -2.12. The zero-order valence-electron chi connectivity index (χ0n) is 7.07. The number of esters is 1. The summed E-state index contributed by atoms with van der Waals surface area (Å²) in [6.07, 6.45) is -1.16. The monoisotopic (exact) mass is 176 g/mol. The second-order valence-corrected chi connectivity index (χ2v) is 1.92. The van der Waals surface area contributed by atoms with Gasteiger partial charge in [0.2, 0.25) is 6.29 Å². The van der Waals surface area contributed by atoms with Crippen molar-refractivity contribution in [2.24, 2.45) is 0 Å². The van der Waals surface area contributed by atoms with E-state index in [4.69, 9.17) is 5.26 Å². The molecule has 0 amide bonds. The number of hydrogen-bond donors (Lipinski definition) is 1. The maximum absolute atomic E-state index is 10.9. The van der Waals surface area contributed by atoms with Crippen LogP contribution < -0.4 is 0 Å². The van der Waals surface area contributed by atoms with E-state index in [1.54, 1.807) is 6.92 Å². The predicted octanol–water partition coefficient (Wildman–Crippen LogP) is 0.568. The molecule has 0 fully saturated rings. The van der Waals surface area contributed by atoms with E-state index in [2.05, 4.69) is 20.9 Å². The van der Waals surface area contributed by atoms with Crippen molar-refractivity contribution in [2.75, 3.05) is 13.7 Å². The van der Waals surface area contributed by atoms with Crippen LogP contribution in [0.5, 0.6) is 0 Å². The van der Waals surface area contributed by atoms with Crippen LogP contribution in [-0.4, -0.2) is 31.2 Å². The first kappa shape index (κ1) is 11.1. The van der Waals surface area contributed by atoms with E-state index in [-0.39, 0.29) is 12.2 Å². The number of carbonyl (C=O) groups excluding carboxylic acids is 1. The lowest BCUT2D eigenvalue weighted by atomic mass is 10.3. The molecule has 0 saturated heterocycles. The lowest BCUT2D eigenvalue weighted by Crippen LogP contribution is -2.23. The summed E-state index contributed by atoms with van der Waals surface area (Å²) in [4.78, 5) is 14.7. The molecule has 0 spiro atoms. The number of rotatable bonds is 5. The SMILES string of the molecule is C=C(C(=O)OCC)C(OC)OO. The normalized spacial score (nSPS) is 12.2. The summed E-state index contributed by atoms with van der Waals surface area (Å²) in [7, 11) is 1.27. The molecule has 0 aliphatic heterocycles. The minimum absolute atomic E-state index is 0.0816. The van der Waals surface area contributed by atoms with Crippen LogP contribution in [0.1, 0.15) is 6.92 Å². The third-order valence-electron chi connectivity index (χ3n) is 1.13. The molecule has 0 radical (unpaired) electrons. The fourth-order valence-electron chi connectivity index (χ4n) is 0.569. The Labute approximate surface area is 70.5 Å². The van der Waals surface area contributed by atoms with Crippen LogP contribution in [0.2, 0.25) is 0 Å². The first-order valence-corrected chi connectivity index (χ1v) is 3.36. The third kappa shape index (κ3) is 3.00. The van der Waals surface area contributed by atoms with E-state index in [1.165, 1.54) is 7.11 Å². The van der Waals surface area contributed by atoms with Crippen LogP contribution in [0, 0.1) is 0 Å². The van der Waals surface area contributed by atoms with Crippen molar-refractivity contribution in [3.8, 4) is 0 Å². The molecule has 12 heavy (non-hydrogen) atoms. The molecule has 1 unspecified atom stereocenters. The van der Waals surface area contributed by atoms with Crippen molar-refractivity contribution in [1.29, 1.82) is 0 Å². The molecule has 0 aliphatic carbocycles. The molecule has 0 bridgehead atoms. The summed E-state index contributed by atoms with van der Waals surface area (Å²) in [6.45, 7) is 5.23. The highest BCUT2D eigenvalue weighted by atomic mass is 17.1. The average molecular weight is 176 g/mol. The molecule has 1 atom stereocenters. The Balaban J connectivity index is 4.07. The molecule has 0 rings (SSSR count). The van der Waals surface area contributed by atoms with Crippen molar-refractivity contribution in [1.82, 2.24) is 0 Å². The predicted molar refractivity (Wildman–Crippen MR) is 40.3 cm³/mol. The lowest BCUT2D eigenvalue weighted by molar-refractivity contribution is -0.327. The average Bonchev–Trinajstić information content (AvgIpc) is 2.07. The van der Waals surface area contributed by atoms with Gasteiger partial charge in [-0.15, -0.1) is 0 Å². The Morgan fingerprint density at radius 1 is 1.67 bits per heavy atom. The number of hydrogen-bond acceptors (Lipinski definition) is 5. The summed E-state index contributed by atoms with van der Waals surface area (Å²) < 4.78 is 9.13. The Hall–Kier alpha value is -0.910. The number of methoxy groups -OCH3 is 1. The topological polar surface area (TPSA) is 65.0 Å². The standard InChI is InChI=1S/C7H12O5/c1-4-11-6(8)5(2)7(10-3)12-9/h7,9H,2,4H2,1,3H3. The molecule has 5 heteroatoms. The number of ether oxygens (including phenoxy) is 2. The molecule has 0 aliphatic rings. The largest absolute Gasteiger partial charge is 0.463 e. The van der Waals surface area contributed by atoms with Gasteiger partial charge < -0.3 is 9.47 Å². The zero-order chi connectivity index (χ0) is 9.56. The van der Waals surface area contributed by atoms with Gasteiger partial charge in [-0.1, -0.05) is 6.58 Å². The smallest absolute Gasteiger partial charge is 0.338 e. The van der Waals surface area contributed by atoms with Crippen LogP contribution in [0.4, 0.5) is 0 Å². The van der Waals surface area contributed by atoms with Crippen molar-refractivity contribution in [2.45, 2.75) is 13.2 Å². The van der Waals surface area contributed by atoms with Gasteiger partial charge in [0, 0.05) is 7.11 Å². The van der Waals surface area contributed by atoms with Gasteiger partial charge in [0.05, 0.1) is 12.2 Å². The minimum atomic E-state index is -1.16. The molecule has 0 saturated carbocycles. The highest BCUT2D eigenvalue weighted by Crippen LogP contribution is 2.05. The van der Waals surface area contributed by atoms with Crippen molar-refractivity contribution < 1.29 is 24.4 Å². The second-order valence-electron chi connectivity index (χ2n) is 1.92. The van der Waals surface area contributed by atoms with Crippen molar-refractivity contribution >= 4 is 5.97 Å². The third-order valence-corrected chi connectivity index (χ3v) is 1.13. The Bertz CT molecular complexity index is 161. The molecule has 0 aromatic rings. The van der Waals surface area contributed by atoms with E-state index in [0.29, 0.717) is 0 Å². The van der Waals surface area contributed by atoms with Gasteiger partial charge in [-0.25, -0.2) is 14.9 Å². The van der Waals surface area contributed by atoms with Gasteiger partial charge in [0.15, 0.2) is 0 Å². The quantitative estimate of drug-likeness (QED) is 0.218. The summed E-state index contributed by atoms with van der Waals surface area (Å²) in [5.74, 6) is -0.654. The molecule has 0 aromatic carbocycles. The summed E-state index contributed by atoms with van der Waals surface area (Å²) in [6, 6.07) is 0. The Morgan fingerprint density at radius 2 is 2.25 bits per heavy atom. The first-order chi connectivity index (χ1) is 5.67. The summed E-state index contributed by atoms with van der Waals surface area (Å²) in [5, 5.41) is 8.22. The van der Waals surface area contributed by atoms with E-state index in [9.17, 15) is 4.79 Å². The molecular weight excluding hydrogens is 164 g/mol. The molecule has 0 heterocycles. The molecular formula is C7H12O5. The molecule has 5 nitrogen and oxygen atoms in total. The van der Waals surface area contributed by atoms with E-state index < -0.39 is 12.3 Å². The van der Waals surface area contributed by atoms with Gasteiger partial charge in [-0.05, 0) is 6.92 Å². The fourth-order valence-corrected chi connectivity index (χ4v) is 0.569. The van der Waals surface area contributed by atoms with E-state index >= 15 is 0 Å². The number of carbonyl (C=O) groups is 1. The Kier molecular flexibility index (Phi) is 5.27. The summed E-state index contributed by atoms with van der Waals surface area (Å²) >= 11 is 0. The van der Waals surface area contributed by atoms with E-state index in [1.807, 2.05) is 0 Å². The van der Waals surface area contributed by atoms with Gasteiger partial charge in [0.1, 0.15) is 0 Å². The molecule has 70 valence electrons. The van der Waals surface area contributed by atoms with Crippen LogP contribution >= 0.6 is 0 Å². The van der Waals surface area contributed by atoms with Crippen LogP contribution in [0.25, 0.3) is 0 Å². The van der Waals surface area contributed by atoms with Gasteiger partial charge >= 0.3 is 5.97 Å². The van der Waals surface area contributed by atoms with Crippen LogP contribution in [0.3, 0.4) is 0 Å².